The molecular weight excluding hydrogens is 312 g/mol. The van der Waals surface area contributed by atoms with Crippen LogP contribution >= 0.6 is 11.6 Å². The van der Waals surface area contributed by atoms with Gasteiger partial charge < -0.3 is 10.2 Å². The third-order valence-corrected chi connectivity index (χ3v) is 4.28. The molecule has 0 radical (unpaired) electrons. The molecule has 1 unspecified atom stereocenters. The van der Waals surface area contributed by atoms with Crippen molar-refractivity contribution in [1.29, 1.82) is 0 Å². The number of carbonyl (C=O) groups excluding carboxylic acids is 2. The molecule has 0 saturated carbocycles. The van der Waals surface area contributed by atoms with E-state index in [1.165, 1.54) is 0 Å². The molecule has 2 amide bonds. The summed E-state index contributed by atoms with van der Waals surface area (Å²) in [6.07, 6.45) is 0. The molecule has 2 aromatic rings. The van der Waals surface area contributed by atoms with Crippen molar-refractivity contribution in [2.75, 3.05) is 6.54 Å². The van der Waals surface area contributed by atoms with E-state index in [1.807, 2.05) is 37.3 Å². The zero-order valence-corrected chi connectivity index (χ0v) is 13.5. The molecule has 118 valence electrons. The van der Waals surface area contributed by atoms with E-state index >= 15 is 0 Å². The highest BCUT2D eigenvalue weighted by Crippen LogP contribution is 2.33. The van der Waals surface area contributed by atoms with Gasteiger partial charge in [0.2, 0.25) is 5.91 Å². The van der Waals surface area contributed by atoms with Gasteiger partial charge in [-0.2, -0.15) is 0 Å². The summed E-state index contributed by atoms with van der Waals surface area (Å²) in [7, 11) is 0. The molecule has 4 nitrogen and oxygen atoms in total. The Bertz CT molecular complexity index is 743. The summed E-state index contributed by atoms with van der Waals surface area (Å²) in [6.45, 7) is 2.77. The van der Waals surface area contributed by atoms with Crippen molar-refractivity contribution in [2.45, 2.75) is 19.5 Å². The number of carbonyl (C=O) groups is 2. The monoisotopic (exact) mass is 328 g/mol. The average Bonchev–Trinajstić information content (AvgIpc) is 2.86. The van der Waals surface area contributed by atoms with Crippen LogP contribution < -0.4 is 5.32 Å². The zero-order valence-electron chi connectivity index (χ0n) is 12.8. The van der Waals surface area contributed by atoms with Crippen molar-refractivity contribution < 1.29 is 9.59 Å². The van der Waals surface area contributed by atoms with E-state index in [0.29, 0.717) is 23.7 Å². The van der Waals surface area contributed by atoms with Crippen LogP contribution in [0.15, 0.2) is 48.5 Å². The van der Waals surface area contributed by atoms with Crippen LogP contribution in [-0.2, 0) is 11.3 Å². The predicted molar refractivity (Wildman–Crippen MR) is 89.2 cm³/mol. The molecule has 0 aliphatic carbocycles. The predicted octanol–water partition coefficient (Wildman–Crippen LogP) is 3.17. The quantitative estimate of drug-likeness (QED) is 0.937. The molecule has 1 N–H and O–H groups in total. The lowest BCUT2D eigenvalue weighted by atomic mass is 10.0. The van der Waals surface area contributed by atoms with Gasteiger partial charge in [0.25, 0.3) is 5.91 Å². The fraction of sp³-hybridized carbons (Fsp3) is 0.222. The van der Waals surface area contributed by atoms with Gasteiger partial charge in [0, 0.05) is 23.7 Å². The van der Waals surface area contributed by atoms with Crippen molar-refractivity contribution in [3.63, 3.8) is 0 Å². The number of likely N-dealkylation sites (N-methyl/N-ethyl adjacent to an activating group) is 1. The number of amides is 2. The van der Waals surface area contributed by atoms with Crippen molar-refractivity contribution >= 4 is 23.4 Å². The van der Waals surface area contributed by atoms with Crippen LogP contribution in [0.4, 0.5) is 0 Å². The Morgan fingerprint density at radius 1 is 1.17 bits per heavy atom. The summed E-state index contributed by atoms with van der Waals surface area (Å²) in [4.78, 5) is 26.6. The van der Waals surface area contributed by atoms with Gasteiger partial charge in [0.1, 0.15) is 6.04 Å². The number of benzene rings is 2. The molecule has 0 fully saturated rings. The fourth-order valence-corrected chi connectivity index (χ4v) is 2.99. The summed E-state index contributed by atoms with van der Waals surface area (Å²) in [6, 6.07) is 14.0. The summed E-state index contributed by atoms with van der Waals surface area (Å²) in [5, 5.41) is 3.57. The molecule has 5 heteroatoms. The molecule has 0 bridgehead atoms. The third-order valence-electron chi connectivity index (χ3n) is 4.03. The number of nitrogens with one attached hydrogen (secondary N) is 1. The second-order valence-electron chi connectivity index (χ2n) is 5.43. The van der Waals surface area contributed by atoms with Crippen molar-refractivity contribution in [3.8, 4) is 0 Å². The van der Waals surface area contributed by atoms with Gasteiger partial charge in [0.05, 0.1) is 0 Å². The van der Waals surface area contributed by atoms with Gasteiger partial charge in [0.15, 0.2) is 0 Å². The Hall–Kier alpha value is -2.33. The van der Waals surface area contributed by atoms with Gasteiger partial charge >= 0.3 is 0 Å². The van der Waals surface area contributed by atoms with Crippen LogP contribution in [0.2, 0.25) is 5.02 Å². The zero-order chi connectivity index (χ0) is 16.4. The van der Waals surface area contributed by atoms with E-state index in [-0.39, 0.29) is 11.8 Å². The first kappa shape index (κ1) is 15.6. The second-order valence-corrected chi connectivity index (χ2v) is 5.86. The van der Waals surface area contributed by atoms with Gasteiger partial charge in [-0.25, -0.2) is 0 Å². The summed E-state index contributed by atoms with van der Waals surface area (Å²) < 4.78 is 0. The first-order valence-electron chi connectivity index (χ1n) is 7.54. The van der Waals surface area contributed by atoms with Crippen LogP contribution in [0, 0.1) is 0 Å². The smallest absolute Gasteiger partial charge is 0.255 e. The van der Waals surface area contributed by atoms with Crippen LogP contribution in [-0.4, -0.2) is 23.3 Å². The Morgan fingerprint density at radius 3 is 2.57 bits per heavy atom. The molecule has 0 saturated heterocycles. The number of hydrogen-bond donors (Lipinski definition) is 1. The lowest BCUT2D eigenvalue weighted by Gasteiger charge is -2.23. The topological polar surface area (TPSA) is 49.4 Å². The van der Waals surface area contributed by atoms with Crippen molar-refractivity contribution in [1.82, 2.24) is 10.2 Å². The lowest BCUT2D eigenvalue weighted by molar-refractivity contribution is -0.125. The summed E-state index contributed by atoms with van der Waals surface area (Å²) >= 11 is 5.86. The normalized spacial score (nSPS) is 16.3. The van der Waals surface area contributed by atoms with Crippen molar-refractivity contribution in [2.24, 2.45) is 0 Å². The maximum Gasteiger partial charge on any atom is 0.255 e. The van der Waals surface area contributed by atoms with Gasteiger partial charge in [-0.15, -0.1) is 0 Å². The minimum absolute atomic E-state index is 0.0882. The largest absolute Gasteiger partial charge is 0.350 e. The molecule has 1 aliphatic rings. The highest BCUT2D eigenvalue weighted by atomic mass is 35.5. The maximum atomic E-state index is 12.6. The third kappa shape index (κ3) is 2.94. The Morgan fingerprint density at radius 2 is 1.87 bits per heavy atom. The van der Waals surface area contributed by atoms with E-state index < -0.39 is 6.04 Å². The highest BCUT2D eigenvalue weighted by Gasteiger charge is 2.39. The number of rotatable bonds is 4. The van der Waals surface area contributed by atoms with Gasteiger partial charge in [-0.05, 0) is 36.2 Å². The molecule has 23 heavy (non-hydrogen) atoms. The average molecular weight is 329 g/mol. The van der Waals surface area contributed by atoms with Crippen LogP contribution in [0.5, 0.6) is 0 Å². The molecule has 3 rings (SSSR count). The van der Waals surface area contributed by atoms with E-state index in [1.54, 1.807) is 23.1 Å². The molecule has 0 spiro atoms. The number of nitrogens with zero attached hydrogens (tertiary/aromatic N) is 1. The Balaban J connectivity index is 1.78. The SMILES string of the molecule is CCN1C(=O)c2ccccc2C1C(=O)NCc1ccc(Cl)cc1. The fourth-order valence-electron chi connectivity index (χ4n) is 2.87. The number of hydrogen-bond acceptors (Lipinski definition) is 2. The second kappa shape index (κ2) is 6.42. The maximum absolute atomic E-state index is 12.6. The molecular formula is C18H17ClN2O2. The first-order chi connectivity index (χ1) is 11.1. The summed E-state index contributed by atoms with van der Waals surface area (Å²) in [5.74, 6) is -0.255. The minimum Gasteiger partial charge on any atom is -0.350 e. The first-order valence-corrected chi connectivity index (χ1v) is 7.91. The van der Waals surface area contributed by atoms with E-state index in [4.69, 9.17) is 11.6 Å². The van der Waals surface area contributed by atoms with Crippen LogP contribution in [0.3, 0.4) is 0 Å². The van der Waals surface area contributed by atoms with Gasteiger partial charge in [-0.3, -0.25) is 9.59 Å². The Kier molecular flexibility index (Phi) is 4.35. The van der Waals surface area contributed by atoms with E-state index in [2.05, 4.69) is 5.32 Å². The van der Waals surface area contributed by atoms with E-state index in [9.17, 15) is 9.59 Å². The molecule has 1 aliphatic heterocycles. The Labute approximate surface area is 140 Å². The molecule has 1 heterocycles. The summed E-state index contributed by atoms with van der Waals surface area (Å²) in [5.41, 5.74) is 2.34. The minimum atomic E-state index is -0.559. The van der Waals surface area contributed by atoms with Crippen molar-refractivity contribution in [3.05, 3.63) is 70.2 Å². The molecule has 2 aromatic carbocycles. The van der Waals surface area contributed by atoms with Crippen LogP contribution in [0.1, 0.15) is 34.5 Å². The standard InChI is InChI=1S/C18H17ClN2O2/c1-2-21-16(14-5-3-4-6-15(14)18(21)23)17(22)20-11-12-7-9-13(19)10-8-12/h3-10,16H,2,11H2,1H3,(H,20,22). The van der Waals surface area contributed by atoms with Gasteiger partial charge in [-0.1, -0.05) is 41.9 Å². The lowest BCUT2D eigenvalue weighted by Crippen LogP contribution is -2.38. The number of fused-ring (bicyclic) bond motifs is 1. The molecule has 1 atom stereocenters. The highest BCUT2D eigenvalue weighted by molar-refractivity contribution is 6.30. The van der Waals surface area contributed by atoms with Crippen LogP contribution in [0.25, 0.3) is 0 Å². The molecule has 0 aromatic heterocycles. The van der Waals surface area contributed by atoms with E-state index in [0.717, 1.165) is 11.1 Å². The number of halogens is 1.